The van der Waals surface area contributed by atoms with Crippen molar-refractivity contribution >= 4 is 23.2 Å². The van der Waals surface area contributed by atoms with Gasteiger partial charge in [0.25, 0.3) is 0 Å². The Balaban J connectivity index is 2.36. The number of nitrogens with two attached hydrogens (primary N) is 1. The van der Waals surface area contributed by atoms with Crippen molar-refractivity contribution in [2.45, 2.75) is 26.3 Å². The SMILES string of the molecule is CC(C)Cc1cccc(C(NN)c2cc(Cl)cc(Cl)c2)c1. The van der Waals surface area contributed by atoms with Crippen molar-refractivity contribution in [1.82, 2.24) is 5.43 Å². The summed E-state index contributed by atoms with van der Waals surface area (Å²) in [6.07, 6.45) is 1.04. The Morgan fingerprint density at radius 1 is 1.00 bits per heavy atom. The van der Waals surface area contributed by atoms with Gasteiger partial charge >= 0.3 is 0 Å². The third-order valence-corrected chi connectivity index (χ3v) is 3.75. The molecule has 112 valence electrons. The molecule has 2 aromatic carbocycles. The molecular formula is C17H20Cl2N2. The van der Waals surface area contributed by atoms with Crippen LogP contribution < -0.4 is 11.3 Å². The van der Waals surface area contributed by atoms with E-state index >= 15 is 0 Å². The van der Waals surface area contributed by atoms with E-state index in [2.05, 4.69) is 43.5 Å². The first-order valence-corrected chi connectivity index (χ1v) is 7.76. The van der Waals surface area contributed by atoms with E-state index in [9.17, 15) is 0 Å². The van der Waals surface area contributed by atoms with Gasteiger partial charge in [-0.2, -0.15) is 0 Å². The topological polar surface area (TPSA) is 38.0 Å². The average Bonchev–Trinajstić information content (AvgIpc) is 2.38. The lowest BCUT2D eigenvalue weighted by atomic mass is 9.95. The highest BCUT2D eigenvalue weighted by Gasteiger charge is 2.14. The van der Waals surface area contributed by atoms with E-state index in [0.717, 1.165) is 17.5 Å². The van der Waals surface area contributed by atoms with Crippen molar-refractivity contribution in [3.63, 3.8) is 0 Å². The van der Waals surface area contributed by atoms with Crippen molar-refractivity contribution in [2.75, 3.05) is 0 Å². The number of hydrogen-bond donors (Lipinski definition) is 2. The molecule has 1 atom stereocenters. The second-order valence-electron chi connectivity index (χ2n) is 5.65. The Hall–Kier alpha value is -1.06. The molecule has 2 rings (SSSR count). The fourth-order valence-corrected chi connectivity index (χ4v) is 3.04. The Morgan fingerprint density at radius 2 is 1.67 bits per heavy atom. The highest BCUT2D eigenvalue weighted by atomic mass is 35.5. The van der Waals surface area contributed by atoms with E-state index in [-0.39, 0.29) is 6.04 Å². The van der Waals surface area contributed by atoms with Crippen LogP contribution in [0.25, 0.3) is 0 Å². The summed E-state index contributed by atoms with van der Waals surface area (Å²) in [5.74, 6) is 6.37. The summed E-state index contributed by atoms with van der Waals surface area (Å²) in [6.45, 7) is 4.42. The van der Waals surface area contributed by atoms with Crippen LogP contribution in [0.5, 0.6) is 0 Å². The molecular weight excluding hydrogens is 303 g/mol. The average molecular weight is 323 g/mol. The van der Waals surface area contributed by atoms with E-state index < -0.39 is 0 Å². The minimum Gasteiger partial charge on any atom is -0.271 e. The van der Waals surface area contributed by atoms with E-state index in [1.54, 1.807) is 6.07 Å². The third-order valence-electron chi connectivity index (χ3n) is 3.31. The van der Waals surface area contributed by atoms with Gasteiger partial charge in [0.1, 0.15) is 0 Å². The lowest BCUT2D eigenvalue weighted by Gasteiger charge is -2.19. The number of rotatable bonds is 5. The summed E-state index contributed by atoms with van der Waals surface area (Å²) >= 11 is 12.2. The van der Waals surface area contributed by atoms with Gasteiger partial charge in [0, 0.05) is 10.0 Å². The molecule has 3 N–H and O–H groups in total. The molecule has 0 spiro atoms. The molecule has 0 aliphatic rings. The largest absolute Gasteiger partial charge is 0.271 e. The van der Waals surface area contributed by atoms with Crippen LogP contribution in [0.3, 0.4) is 0 Å². The first kappa shape index (κ1) is 16.3. The molecule has 0 aromatic heterocycles. The fraction of sp³-hybridized carbons (Fsp3) is 0.294. The molecule has 0 saturated carbocycles. The second-order valence-corrected chi connectivity index (χ2v) is 6.52. The van der Waals surface area contributed by atoms with Crippen LogP contribution in [-0.4, -0.2) is 0 Å². The smallest absolute Gasteiger partial charge is 0.0711 e. The normalized spacial score (nSPS) is 12.7. The minimum atomic E-state index is -0.131. The van der Waals surface area contributed by atoms with E-state index in [1.807, 2.05) is 12.1 Å². The quantitative estimate of drug-likeness (QED) is 0.616. The summed E-state index contributed by atoms with van der Waals surface area (Å²) in [5.41, 5.74) is 6.21. The van der Waals surface area contributed by atoms with Gasteiger partial charge in [0.2, 0.25) is 0 Å². The van der Waals surface area contributed by atoms with Crippen LogP contribution in [0.2, 0.25) is 10.0 Å². The van der Waals surface area contributed by atoms with Gasteiger partial charge in [-0.1, -0.05) is 61.3 Å². The molecule has 21 heavy (non-hydrogen) atoms. The predicted octanol–water partition coefficient (Wildman–Crippen LogP) is 4.74. The number of benzene rings is 2. The van der Waals surface area contributed by atoms with Crippen molar-refractivity contribution in [3.8, 4) is 0 Å². The van der Waals surface area contributed by atoms with Gasteiger partial charge in [0.15, 0.2) is 0 Å². The Morgan fingerprint density at radius 3 is 2.24 bits per heavy atom. The van der Waals surface area contributed by atoms with Crippen LogP contribution in [0, 0.1) is 5.92 Å². The van der Waals surface area contributed by atoms with Gasteiger partial charge in [0.05, 0.1) is 6.04 Å². The molecule has 0 aliphatic heterocycles. The molecule has 0 fully saturated rings. The molecule has 0 radical (unpaired) electrons. The van der Waals surface area contributed by atoms with E-state index in [1.165, 1.54) is 5.56 Å². The van der Waals surface area contributed by atoms with E-state index in [4.69, 9.17) is 29.0 Å². The first-order valence-electron chi connectivity index (χ1n) is 7.00. The molecule has 0 aliphatic carbocycles. The zero-order valence-electron chi connectivity index (χ0n) is 12.2. The molecule has 0 amide bonds. The fourth-order valence-electron chi connectivity index (χ4n) is 2.50. The van der Waals surface area contributed by atoms with Crippen LogP contribution in [0.4, 0.5) is 0 Å². The molecule has 0 saturated heterocycles. The summed E-state index contributed by atoms with van der Waals surface area (Å²) in [7, 11) is 0. The maximum absolute atomic E-state index is 6.09. The Bertz CT molecular complexity index is 591. The molecule has 2 nitrogen and oxygen atoms in total. The lowest BCUT2D eigenvalue weighted by Crippen LogP contribution is -2.29. The third kappa shape index (κ3) is 4.45. The molecule has 0 heterocycles. The van der Waals surface area contributed by atoms with Crippen LogP contribution in [0.15, 0.2) is 42.5 Å². The summed E-state index contributed by atoms with van der Waals surface area (Å²) in [5, 5.41) is 1.21. The predicted molar refractivity (Wildman–Crippen MR) is 90.6 cm³/mol. The number of hydrazine groups is 1. The van der Waals surface area contributed by atoms with Crippen molar-refractivity contribution in [2.24, 2.45) is 11.8 Å². The molecule has 1 unspecified atom stereocenters. The monoisotopic (exact) mass is 322 g/mol. The summed E-state index contributed by atoms with van der Waals surface area (Å²) in [6, 6.07) is 13.8. The van der Waals surface area contributed by atoms with Crippen molar-refractivity contribution in [1.29, 1.82) is 0 Å². The lowest BCUT2D eigenvalue weighted by molar-refractivity contribution is 0.628. The van der Waals surface area contributed by atoms with Crippen molar-refractivity contribution in [3.05, 3.63) is 69.2 Å². The van der Waals surface area contributed by atoms with Crippen LogP contribution in [0.1, 0.15) is 36.6 Å². The van der Waals surface area contributed by atoms with E-state index in [0.29, 0.717) is 16.0 Å². The van der Waals surface area contributed by atoms with Crippen molar-refractivity contribution < 1.29 is 0 Å². The Kier molecular flexibility index (Phi) is 5.65. The van der Waals surface area contributed by atoms with Gasteiger partial charge in [-0.3, -0.25) is 5.84 Å². The first-order chi connectivity index (χ1) is 9.99. The second kappa shape index (κ2) is 7.28. The molecule has 0 bridgehead atoms. The van der Waals surface area contributed by atoms with Gasteiger partial charge < -0.3 is 0 Å². The molecule has 4 heteroatoms. The van der Waals surface area contributed by atoms with Crippen LogP contribution in [-0.2, 0) is 6.42 Å². The van der Waals surface area contributed by atoms with Gasteiger partial charge in [-0.25, -0.2) is 5.43 Å². The number of nitrogens with one attached hydrogen (secondary N) is 1. The maximum Gasteiger partial charge on any atom is 0.0711 e. The highest BCUT2D eigenvalue weighted by Crippen LogP contribution is 2.28. The highest BCUT2D eigenvalue weighted by molar-refractivity contribution is 6.34. The minimum absolute atomic E-state index is 0.131. The van der Waals surface area contributed by atoms with Gasteiger partial charge in [-0.05, 0) is 47.2 Å². The Labute approximate surface area is 136 Å². The summed E-state index contributed by atoms with van der Waals surface area (Å²) in [4.78, 5) is 0. The number of hydrogen-bond acceptors (Lipinski definition) is 2. The van der Waals surface area contributed by atoms with Crippen LogP contribution >= 0.6 is 23.2 Å². The summed E-state index contributed by atoms with van der Waals surface area (Å²) < 4.78 is 0. The standard InChI is InChI=1S/C17H20Cl2N2/c1-11(2)6-12-4-3-5-13(7-12)17(21-20)14-8-15(18)10-16(19)9-14/h3-5,7-11,17,21H,6,20H2,1-2H3. The zero-order valence-corrected chi connectivity index (χ0v) is 13.7. The van der Waals surface area contributed by atoms with Gasteiger partial charge in [-0.15, -0.1) is 0 Å². The maximum atomic E-state index is 6.09. The number of halogens is 2. The zero-order chi connectivity index (χ0) is 15.4. The molecule has 2 aromatic rings.